The third kappa shape index (κ3) is 2.43. The first-order chi connectivity index (χ1) is 7.49. The maximum atomic E-state index is 10.8. The Balaban J connectivity index is 3.31. The van der Waals surface area contributed by atoms with Crippen LogP contribution in [0.2, 0.25) is 5.02 Å². The fraction of sp³-hybridized carbons (Fsp3) is 0.400. The quantitative estimate of drug-likeness (QED) is 0.629. The number of nitro groups is 1. The lowest BCUT2D eigenvalue weighted by atomic mass is 10.0. The number of nitrogens with zero attached hydrogens (tertiary/aromatic N) is 1. The Morgan fingerprint density at radius 2 is 2.25 bits per heavy atom. The molecule has 16 heavy (non-hydrogen) atoms. The van der Waals surface area contributed by atoms with Gasteiger partial charge in [-0.05, 0) is 12.5 Å². The number of phenols is 1. The first-order valence-corrected chi connectivity index (χ1v) is 5.28. The summed E-state index contributed by atoms with van der Waals surface area (Å²) in [5, 5.41) is 20.6. The lowest BCUT2D eigenvalue weighted by Crippen LogP contribution is -2.12. The largest absolute Gasteiger partial charge is 0.506 e. The molecule has 0 heterocycles. The number of rotatable bonds is 4. The third-order valence-electron chi connectivity index (χ3n) is 2.31. The van der Waals surface area contributed by atoms with E-state index in [1.165, 1.54) is 12.1 Å². The van der Waals surface area contributed by atoms with Gasteiger partial charge in [-0.25, -0.2) is 0 Å². The zero-order valence-corrected chi connectivity index (χ0v) is 9.57. The van der Waals surface area contributed by atoms with Gasteiger partial charge in [0.05, 0.1) is 15.5 Å². The van der Waals surface area contributed by atoms with Gasteiger partial charge < -0.3 is 10.8 Å². The van der Waals surface area contributed by atoms with Gasteiger partial charge in [0.1, 0.15) is 5.75 Å². The van der Waals surface area contributed by atoms with E-state index in [2.05, 4.69) is 0 Å². The van der Waals surface area contributed by atoms with Crippen molar-refractivity contribution in [2.75, 3.05) is 0 Å². The summed E-state index contributed by atoms with van der Waals surface area (Å²) in [4.78, 5) is 10.2. The van der Waals surface area contributed by atoms with Gasteiger partial charge >= 0.3 is 0 Å². The number of hydrogen-bond acceptors (Lipinski definition) is 4. The molecule has 1 aromatic carbocycles. The third-order valence-corrected chi connectivity index (χ3v) is 2.62. The Bertz CT molecular complexity index is 409. The smallest absolute Gasteiger partial charge is 0.277 e. The first kappa shape index (κ1) is 12.7. The van der Waals surface area contributed by atoms with Gasteiger partial charge in [0.15, 0.2) is 0 Å². The minimum absolute atomic E-state index is 0.0761. The van der Waals surface area contributed by atoms with Crippen LogP contribution in [-0.2, 0) is 0 Å². The van der Waals surface area contributed by atoms with Crippen LogP contribution in [0.25, 0.3) is 0 Å². The van der Waals surface area contributed by atoms with Crippen molar-refractivity contribution in [2.45, 2.75) is 25.8 Å². The maximum absolute atomic E-state index is 10.8. The lowest BCUT2D eigenvalue weighted by Gasteiger charge is -2.13. The highest BCUT2D eigenvalue weighted by molar-refractivity contribution is 6.32. The molecule has 0 bridgehead atoms. The van der Waals surface area contributed by atoms with Crippen LogP contribution in [0.15, 0.2) is 12.1 Å². The average Bonchev–Trinajstić information content (AvgIpc) is 2.21. The minimum Gasteiger partial charge on any atom is -0.506 e. The van der Waals surface area contributed by atoms with Crippen molar-refractivity contribution in [3.05, 3.63) is 32.8 Å². The van der Waals surface area contributed by atoms with Crippen LogP contribution in [-0.4, -0.2) is 10.0 Å². The van der Waals surface area contributed by atoms with Crippen molar-refractivity contribution in [3.8, 4) is 5.75 Å². The predicted molar refractivity (Wildman–Crippen MR) is 61.6 cm³/mol. The molecule has 0 aliphatic rings. The van der Waals surface area contributed by atoms with Crippen molar-refractivity contribution in [2.24, 2.45) is 5.73 Å². The zero-order chi connectivity index (χ0) is 12.3. The summed E-state index contributed by atoms with van der Waals surface area (Å²) in [6.07, 6.45) is 1.32. The van der Waals surface area contributed by atoms with Crippen molar-refractivity contribution in [1.29, 1.82) is 0 Å². The molecule has 1 rings (SSSR count). The molecule has 5 nitrogen and oxygen atoms in total. The second kappa shape index (κ2) is 5.14. The van der Waals surface area contributed by atoms with Crippen LogP contribution >= 0.6 is 11.6 Å². The Kier molecular flexibility index (Phi) is 4.09. The van der Waals surface area contributed by atoms with E-state index in [1.807, 2.05) is 6.92 Å². The Hall–Kier alpha value is -1.33. The van der Waals surface area contributed by atoms with Gasteiger partial charge in [-0.15, -0.1) is 0 Å². The standard InChI is InChI=1S/C10H13ClN2O3/c1-2-3-7(12)9-8(13(15)16)5-4-6(11)10(9)14/h4-5,7,14H,2-3,12H2,1H3/t7-/m1/s1. The van der Waals surface area contributed by atoms with Gasteiger partial charge in [0, 0.05) is 12.1 Å². The minimum atomic E-state index is -0.580. The molecule has 0 radical (unpaired) electrons. The zero-order valence-electron chi connectivity index (χ0n) is 8.81. The van der Waals surface area contributed by atoms with Crippen LogP contribution in [0.3, 0.4) is 0 Å². The molecule has 1 atom stereocenters. The molecule has 1 aromatic rings. The van der Waals surface area contributed by atoms with Gasteiger partial charge in [-0.1, -0.05) is 24.9 Å². The molecular formula is C10H13ClN2O3. The van der Waals surface area contributed by atoms with E-state index >= 15 is 0 Å². The Labute approximate surface area is 98.0 Å². The van der Waals surface area contributed by atoms with E-state index in [1.54, 1.807) is 0 Å². The van der Waals surface area contributed by atoms with Crippen molar-refractivity contribution in [1.82, 2.24) is 0 Å². The van der Waals surface area contributed by atoms with Crippen LogP contribution in [0.4, 0.5) is 5.69 Å². The molecule has 0 saturated carbocycles. The second-order valence-electron chi connectivity index (χ2n) is 3.48. The molecule has 0 fully saturated rings. The molecule has 88 valence electrons. The summed E-state index contributed by atoms with van der Waals surface area (Å²) >= 11 is 5.71. The number of benzene rings is 1. The molecule has 0 aromatic heterocycles. The number of nitrogens with two attached hydrogens (primary N) is 1. The fourth-order valence-corrected chi connectivity index (χ4v) is 1.72. The number of halogens is 1. The monoisotopic (exact) mass is 244 g/mol. The Morgan fingerprint density at radius 3 is 2.75 bits per heavy atom. The summed E-state index contributed by atoms with van der Waals surface area (Å²) in [7, 11) is 0. The van der Waals surface area contributed by atoms with E-state index in [0.717, 1.165) is 6.42 Å². The summed E-state index contributed by atoms with van der Waals surface area (Å²) in [5.74, 6) is -0.295. The normalized spacial score (nSPS) is 12.4. The number of nitro benzene ring substituents is 1. The van der Waals surface area contributed by atoms with E-state index in [9.17, 15) is 15.2 Å². The molecule has 6 heteroatoms. The predicted octanol–water partition coefficient (Wildman–Crippen LogP) is 2.75. The van der Waals surface area contributed by atoms with E-state index in [-0.39, 0.29) is 22.0 Å². The average molecular weight is 245 g/mol. The van der Waals surface area contributed by atoms with Crippen LogP contribution in [0.1, 0.15) is 31.4 Å². The second-order valence-corrected chi connectivity index (χ2v) is 3.89. The van der Waals surface area contributed by atoms with Gasteiger partial charge in [0.25, 0.3) is 5.69 Å². The summed E-state index contributed by atoms with van der Waals surface area (Å²) < 4.78 is 0. The van der Waals surface area contributed by atoms with E-state index in [4.69, 9.17) is 17.3 Å². The molecule has 3 N–H and O–H groups in total. The highest BCUT2D eigenvalue weighted by atomic mass is 35.5. The van der Waals surface area contributed by atoms with Crippen LogP contribution in [0.5, 0.6) is 5.75 Å². The molecule has 0 spiro atoms. The molecule has 0 aliphatic heterocycles. The highest BCUT2D eigenvalue weighted by Gasteiger charge is 2.24. The van der Waals surface area contributed by atoms with Gasteiger partial charge in [0.2, 0.25) is 0 Å². The lowest BCUT2D eigenvalue weighted by molar-refractivity contribution is -0.385. The van der Waals surface area contributed by atoms with Gasteiger partial charge in [-0.3, -0.25) is 10.1 Å². The van der Waals surface area contributed by atoms with Crippen LogP contribution < -0.4 is 5.73 Å². The number of phenolic OH excluding ortho intramolecular Hbond substituents is 1. The maximum Gasteiger partial charge on any atom is 0.277 e. The summed E-state index contributed by atoms with van der Waals surface area (Å²) in [6, 6.07) is 1.97. The number of aromatic hydroxyl groups is 1. The highest BCUT2D eigenvalue weighted by Crippen LogP contribution is 2.38. The van der Waals surface area contributed by atoms with E-state index < -0.39 is 11.0 Å². The van der Waals surface area contributed by atoms with Gasteiger partial charge in [-0.2, -0.15) is 0 Å². The van der Waals surface area contributed by atoms with Crippen molar-refractivity contribution in [3.63, 3.8) is 0 Å². The molecule has 0 saturated heterocycles. The summed E-state index contributed by atoms with van der Waals surface area (Å²) in [5.41, 5.74) is 5.71. The van der Waals surface area contributed by atoms with Crippen LogP contribution in [0, 0.1) is 10.1 Å². The molecule has 0 unspecified atom stereocenters. The van der Waals surface area contributed by atoms with E-state index in [0.29, 0.717) is 6.42 Å². The van der Waals surface area contributed by atoms with Crippen molar-refractivity contribution < 1.29 is 10.0 Å². The molecule has 0 aliphatic carbocycles. The topological polar surface area (TPSA) is 89.4 Å². The first-order valence-electron chi connectivity index (χ1n) is 4.90. The van der Waals surface area contributed by atoms with Crippen molar-refractivity contribution >= 4 is 17.3 Å². The molecule has 0 amide bonds. The summed E-state index contributed by atoms with van der Waals surface area (Å²) in [6.45, 7) is 1.91. The fourth-order valence-electron chi connectivity index (χ4n) is 1.55. The SMILES string of the molecule is CCC[C@@H](N)c1c([N+](=O)[O-])ccc(Cl)c1O. The Morgan fingerprint density at radius 1 is 1.62 bits per heavy atom. The molecular weight excluding hydrogens is 232 g/mol. The number of hydrogen-bond donors (Lipinski definition) is 2.